The third-order valence-corrected chi connectivity index (χ3v) is 6.85. The number of methoxy groups -OCH3 is 2. The van der Waals surface area contributed by atoms with Crippen LogP contribution in [0.15, 0.2) is 72.2 Å². The van der Waals surface area contributed by atoms with Crippen molar-refractivity contribution >= 4 is 29.1 Å². The smallest absolute Gasteiger partial charge is 0.264 e. The van der Waals surface area contributed by atoms with E-state index in [9.17, 15) is 9.59 Å². The monoisotopic (exact) mass is 502 g/mol. The molecule has 5 rings (SSSR count). The van der Waals surface area contributed by atoms with E-state index in [4.69, 9.17) is 14.5 Å². The molecule has 0 atom stereocenters. The molecule has 2 aromatic heterocycles. The molecule has 2 aromatic carbocycles. The maximum Gasteiger partial charge on any atom is 0.264 e. The Bertz CT molecular complexity index is 1340. The normalized spacial score (nSPS) is 12.7. The highest BCUT2D eigenvalue weighted by atomic mass is 32.1. The van der Waals surface area contributed by atoms with E-state index in [1.807, 2.05) is 70.7 Å². The van der Waals surface area contributed by atoms with Gasteiger partial charge in [0, 0.05) is 23.5 Å². The van der Waals surface area contributed by atoms with Crippen LogP contribution in [0.4, 0.5) is 5.95 Å². The van der Waals surface area contributed by atoms with Crippen molar-refractivity contribution in [3.8, 4) is 28.4 Å². The molecule has 0 spiro atoms. The molecule has 2 heterocycles. The number of ether oxygens (including phenoxy) is 2. The Kier molecular flexibility index (Phi) is 6.73. The Morgan fingerprint density at radius 1 is 1.03 bits per heavy atom. The van der Waals surface area contributed by atoms with Crippen LogP contribution < -0.4 is 14.8 Å². The Balaban J connectivity index is 1.42. The van der Waals surface area contributed by atoms with Crippen LogP contribution in [0.25, 0.3) is 16.9 Å². The van der Waals surface area contributed by atoms with Gasteiger partial charge in [0.1, 0.15) is 18.0 Å². The van der Waals surface area contributed by atoms with Crippen molar-refractivity contribution in [3.05, 3.63) is 77.1 Å². The van der Waals surface area contributed by atoms with Crippen molar-refractivity contribution in [2.45, 2.75) is 18.9 Å². The quantitative estimate of drug-likeness (QED) is 0.353. The predicted molar refractivity (Wildman–Crippen MR) is 139 cm³/mol. The number of hydrogen-bond donors (Lipinski definition) is 1. The van der Waals surface area contributed by atoms with Gasteiger partial charge in [-0.1, -0.05) is 6.07 Å². The van der Waals surface area contributed by atoms with Gasteiger partial charge in [0.15, 0.2) is 0 Å². The molecule has 184 valence electrons. The summed E-state index contributed by atoms with van der Waals surface area (Å²) in [5.41, 5.74) is 2.38. The second kappa shape index (κ2) is 10.2. The van der Waals surface area contributed by atoms with Crippen molar-refractivity contribution in [2.24, 2.45) is 0 Å². The standard InChI is InChI=1S/C27H26N4O4S/c1-34-21-11-5-18(6-12-21)23-16-31(20-9-13-22(35-2)14-10-20)27(28-23)29-25(32)17-30(19-7-8-19)26(33)24-4-3-15-36-24/h3-6,9-16,19H,7-8,17H2,1-2H3,(H,28,29,32). The van der Waals surface area contributed by atoms with Crippen LogP contribution in [0.5, 0.6) is 11.5 Å². The summed E-state index contributed by atoms with van der Waals surface area (Å²) in [6, 6.07) is 18.8. The van der Waals surface area contributed by atoms with Gasteiger partial charge in [-0.2, -0.15) is 0 Å². The molecule has 0 unspecified atom stereocenters. The lowest BCUT2D eigenvalue weighted by Crippen LogP contribution is -2.39. The fraction of sp³-hybridized carbons (Fsp3) is 0.222. The third kappa shape index (κ3) is 5.11. The highest BCUT2D eigenvalue weighted by Crippen LogP contribution is 2.30. The van der Waals surface area contributed by atoms with Crippen LogP contribution in [-0.2, 0) is 4.79 Å². The zero-order valence-electron chi connectivity index (χ0n) is 20.0. The number of benzene rings is 2. The maximum atomic E-state index is 13.2. The molecule has 36 heavy (non-hydrogen) atoms. The molecule has 0 bridgehead atoms. The molecule has 0 saturated heterocycles. The first kappa shape index (κ1) is 23.6. The average Bonchev–Trinajstić information content (AvgIpc) is 3.43. The van der Waals surface area contributed by atoms with Gasteiger partial charge in [-0.3, -0.25) is 19.5 Å². The van der Waals surface area contributed by atoms with Gasteiger partial charge in [-0.05, 0) is 72.8 Å². The number of carbonyl (C=O) groups excluding carboxylic acids is 2. The van der Waals surface area contributed by atoms with Crippen LogP contribution >= 0.6 is 11.3 Å². The Labute approximate surface area is 213 Å². The fourth-order valence-electron chi connectivity index (χ4n) is 3.92. The molecule has 1 N–H and O–H groups in total. The zero-order valence-corrected chi connectivity index (χ0v) is 20.8. The lowest BCUT2D eigenvalue weighted by molar-refractivity contribution is -0.117. The number of imidazole rings is 1. The van der Waals surface area contributed by atoms with Gasteiger partial charge in [0.25, 0.3) is 5.91 Å². The first-order valence-electron chi connectivity index (χ1n) is 11.6. The number of amides is 2. The fourth-order valence-corrected chi connectivity index (χ4v) is 4.60. The number of nitrogens with one attached hydrogen (secondary N) is 1. The van der Waals surface area contributed by atoms with E-state index >= 15 is 0 Å². The Morgan fingerprint density at radius 3 is 2.28 bits per heavy atom. The van der Waals surface area contributed by atoms with Gasteiger partial charge < -0.3 is 14.4 Å². The molecule has 1 saturated carbocycles. The molecule has 4 aromatic rings. The summed E-state index contributed by atoms with van der Waals surface area (Å²) in [6.07, 6.45) is 3.69. The molecule has 0 radical (unpaired) electrons. The zero-order chi connectivity index (χ0) is 25.1. The van der Waals surface area contributed by atoms with Crippen LogP contribution in [0.2, 0.25) is 0 Å². The van der Waals surface area contributed by atoms with Gasteiger partial charge in [0.2, 0.25) is 11.9 Å². The van der Waals surface area contributed by atoms with E-state index in [1.54, 1.807) is 25.2 Å². The molecular weight excluding hydrogens is 476 g/mol. The van der Waals surface area contributed by atoms with E-state index in [0.717, 1.165) is 35.6 Å². The van der Waals surface area contributed by atoms with E-state index in [2.05, 4.69) is 5.32 Å². The number of thiophene rings is 1. The minimum absolute atomic E-state index is 0.0330. The van der Waals surface area contributed by atoms with Gasteiger partial charge in [0.05, 0.1) is 24.8 Å². The highest BCUT2D eigenvalue weighted by molar-refractivity contribution is 7.12. The summed E-state index contributed by atoms with van der Waals surface area (Å²) < 4.78 is 12.4. The van der Waals surface area contributed by atoms with E-state index < -0.39 is 0 Å². The predicted octanol–water partition coefficient (Wildman–Crippen LogP) is 4.86. The van der Waals surface area contributed by atoms with Crippen molar-refractivity contribution in [1.82, 2.24) is 14.5 Å². The lowest BCUT2D eigenvalue weighted by Gasteiger charge is -2.21. The van der Waals surface area contributed by atoms with Crippen LogP contribution in [0.1, 0.15) is 22.5 Å². The SMILES string of the molecule is COc1ccc(-c2cn(-c3ccc(OC)cc3)c(NC(=O)CN(C(=O)c3cccs3)C3CC3)n2)cc1. The molecule has 8 nitrogen and oxygen atoms in total. The van der Waals surface area contributed by atoms with Crippen molar-refractivity contribution in [2.75, 3.05) is 26.1 Å². The number of nitrogens with zero attached hydrogens (tertiary/aromatic N) is 3. The minimum Gasteiger partial charge on any atom is -0.497 e. The summed E-state index contributed by atoms with van der Waals surface area (Å²) in [5.74, 6) is 1.44. The first-order valence-corrected chi connectivity index (χ1v) is 12.5. The molecule has 1 aliphatic carbocycles. The number of hydrogen-bond acceptors (Lipinski definition) is 6. The first-order chi connectivity index (χ1) is 17.6. The largest absolute Gasteiger partial charge is 0.497 e. The lowest BCUT2D eigenvalue weighted by atomic mass is 10.1. The van der Waals surface area contributed by atoms with E-state index in [1.165, 1.54) is 11.3 Å². The van der Waals surface area contributed by atoms with Crippen LogP contribution in [0.3, 0.4) is 0 Å². The van der Waals surface area contributed by atoms with E-state index in [-0.39, 0.29) is 24.4 Å². The third-order valence-electron chi connectivity index (χ3n) is 5.99. The molecule has 9 heteroatoms. The number of carbonyl (C=O) groups is 2. The number of aromatic nitrogens is 2. The molecule has 2 amide bonds. The minimum atomic E-state index is -0.298. The summed E-state index contributed by atoms with van der Waals surface area (Å²) in [4.78, 5) is 33.1. The van der Waals surface area contributed by atoms with Crippen molar-refractivity contribution in [1.29, 1.82) is 0 Å². The average molecular weight is 503 g/mol. The molecular formula is C27H26N4O4S. The summed E-state index contributed by atoms with van der Waals surface area (Å²) in [5, 5.41) is 4.80. The summed E-state index contributed by atoms with van der Waals surface area (Å²) in [6.45, 7) is -0.0330. The van der Waals surface area contributed by atoms with Crippen molar-refractivity contribution < 1.29 is 19.1 Å². The molecule has 0 aliphatic heterocycles. The van der Waals surface area contributed by atoms with E-state index in [0.29, 0.717) is 16.5 Å². The Morgan fingerprint density at radius 2 is 1.69 bits per heavy atom. The van der Waals surface area contributed by atoms with Crippen LogP contribution in [0, 0.1) is 0 Å². The molecule has 1 aliphatic rings. The second-order valence-corrected chi connectivity index (χ2v) is 9.38. The number of anilines is 1. The summed E-state index contributed by atoms with van der Waals surface area (Å²) in [7, 11) is 3.23. The van der Waals surface area contributed by atoms with Gasteiger partial charge in [-0.25, -0.2) is 4.98 Å². The second-order valence-electron chi connectivity index (χ2n) is 8.44. The van der Waals surface area contributed by atoms with Crippen LogP contribution in [-0.4, -0.2) is 53.1 Å². The highest BCUT2D eigenvalue weighted by Gasteiger charge is 2.35. The van der Waals surface area contributed by atoms with Crippen molar-refractivity contribution in [3.63, 3.8) is 0 Å². The maximum absolute atomic E-state index is 13.2. The summed E-state index contributed by atoms with van der Waals surface area (Å²) >= 11 is 1.38. The Hall–Kier alpha value is -4.11. The number of rotatable bonds is 9. The van der Waals surface area contributed by atoms with Gasteiger partial charge in [-0.15, -0.1) is 11.3 Å². The molecule has 1 fully saturated rings. The topological polar surface area (TPSA) is 85.7 Å². The van der Waals surface area contributed by atoms with Gasteiger partial charge >= 0.3 is 0 Å².